The van der Waals surface area contributed by atoms with Gasteiger partial charge in [-0.3, -0.25) is 5.14 Å². The molecule has 0 unspecified atom stereocenters. The van der Waals surface area contributed by atoms with Crippen molar-refractivity contribution in [2.45, 2.75) is 37.0 Å². The molecule has 5 N–H and O–H groups in total. The molecule has 2 aromatic carbocycles. The minimum absolute atomic E-state index is 0.0148. The van der Waals surface area contributed by atoms with E-state index >= 15 is 0 Å². The van der Waals surface area contributed by atoms with Crippen molar-refractivity contribution in [3.8, 4) is 0 Å². The van der Waals surface area contributed by atoms with Crippen molar-refractivity contribution in [2.24, 2.45) is 21.8 Å². The summed E-state index contributed by atoms with van der Waals surface area (Å²) in [5, 5.41) is 16.9. The average Bonchev–Trinajstić information content (AvgIpc) is 3.54. The van der Waals surface area contributed by atoms with Crippen LogP contribution in [0, 0.1) is 5.92 Å². The van der Waals surface area contributed by atoms with Crippen LogP contribution in [0.5, 0.6) is 0 Å². The lowest BCUT2D eigenvalue weighted by Gasteiger charge is -2.20. The fourth-order valence-electron chi connectivity index (χ4n) is 4.13. The number of carboxylic acid groups (broad SMARTS) is 1. The van der Waals surface area contributed by atoms with E-state index in [1.165, 1.54) is 28.7 Å². The summed E-state index contributed by atoms with van der Waals surface area (Å²) in [6.45, 7) is 0. The number of nitrogens with zero attached hydrogens (tertiary/aromatic N) is 2. The molecule has 33 heavy (non-hydrogen) atoms. The number of carbonyl (C=O) groups is 1. The van der Waals surface area contributed by atoms with E-state index in [-0.39, 0.29) is 11.6 Å². The van der Waals surface area contributed by atoms with Gasteiger partial charge in [0.1, 0.15) is 0 Å². The molecule has 1 aromatic heterocycles. The van der Waals surface area contributed by atoms with Crippen molar-refractivity contribution in [1.29, 1.82) is 0 Å². The van der Waals surface area contributed by atoms with Crippen molar-refractivity contribution in [1.82, 2.24) is 4.98 Å². The van der Waals surface area contributed by atoms with Gasteiger partial charge in [0.2, 0.25) is 5.13 Å². The highest BCUT2D eigenvalue weighted by Gasteiger charge is 2.26. The van der Waals surface area contributed by atoms with Crippen molar-refractivity contribution in [2.75, 3.05) is 0 Å². The first-order chi connectivity index (χ1) is 16.0. The molecule has 0 aliphatic heterocycles. The van der Waals surface area contributed by atoms with Gasteiger partial charge in [-0.15, -0.1) is 11.3 Å². The molecule has 1 aliphatic rings. The Hall–Kier alpha value is -2.94. The number of thiazole rings is 1. The Morgan fingerprint density at radius 3 is 2.42 bits per heavy atom. The summed E-state index contributed by atoms with van der Waals surface area (Å²) in [6.07, 6.45) is 4.96. The van der Waals surface area contributed by atoms with Gasteiger partial charge in [0.05, 0.1) is 5.71 Å². The van der Waals surface area contributed by atoms with Crippen LogP contribution in [0.15, 0.2) is 75.4 Å². The van der Waals surface area contributed by atoms with E-state index in [0.717, 1.165) is 53.0 Å². The highest BCUT2D eigenvalue weighted by Crippen LogP contribution is 2.34. The molecule has 1 fully saturated rings. The standard InChI is InChI=1S/C25H26N4O2S2/c26-22(17-6-2-1-3-7-17)20(14-16-10-12-19(33-27)13-11-16)23(18-8-4-5-9-18)29-25-28-21(15-32-25)24(30)31/h1-3,6-7,10-13,15,18H,4-5,8-9,14,26-27H2,(H,30,31). The minimum Gasteiger partial charge on any atom is -0.476 e. The molecule has 170 valence electrons. The topological polar surface area (TPSA) is 115 Å². The summed E-state index contributed by atoms with van der Waals surface area (Å²) in [5.41, 5.74) is 11.4. The number of carboxylic acids is 1. The molecule has 0 amide bonds. The maximum Gasteiger partial charge on any atom is 0.355 e. The quantitative estimate of drug-likeness (QED) is 0.283. The number of nitrogens with two attached hydrogens (primary N) is 2. The number of rotatable bonds is 8. The molecule has 0 radical (unpaired) electrons. The lowest BCUT2D eigenvalue weighted by Crippen LogP contribution is -2.20. The van der Waals surface area contributed by atoms with E-state index in [1.54, 1.807) is 0 Å². The number of aliphatic imine (C=N–C) groups is 1. The number of hydrogen-bond acceptors (Lipinski definition) is 7. The Morgan fingerprint density at radius 2 is 1.82 bits per heavy atom. The molecular weight excluding hydrogens is 452 g/mol. The molecule has 0 spiro atoms. The lowest BCUT2D eigenvalue weighted by atomic mass is 9.88. The molecule has 0 saturated heterocycles. The minimum atomic E-state index is -1.05. The van der Waals surface area contributed by atoms with Crippen LogP contribution < -0.4 is 10.9 Å². The number of benzene rings is 2. The molecule has 6 nitrogen and oxygen atoms in total. The second-order valence-corrected chi connectivity index (χ2v) is 9.54. The third-order valence-corrected chi connectivity index (χ3v) is 7.11. The van der Waals surface area contributed by atoms with Crippen LogP contribution in [0.3, 0.4) is 0 Å². The normalized spacial score (nSPS) is 15.5. The second-order valence-electron chi connectivity index (χ2n) is 8.00. The van der Waals surface area contributed by atoms with Gasteiger partial charge in [0, 0.05) is 33.9 Å². The Kier molecular flexibility index (Phi) is 7.59. The van der Waals surface area contributed by atoms with Crippen molar-refractivity contribution < 1.29 is 9.90 Å². The van der Waals surface area contributed by atoms with E-state index in [0.29, 0.717) is 17.2 Å². The maximum absolute atomic E-state index is 11.3. The van der Waals surface area contributed by atoms with Gasteiger partial charge in [-0.2, -0.15) is 0 Å². The van der Waals surface area contributed by atoms with Crippen LogP contribution in [0.2, 0.25) is 0 Å². The molecule has 1 aliphatic carbocycles. The molecule has 0 bridgehead atoms. The second kappa shape index (κ2) is 10.8. The number of aromatic nitrogens is 1. The van der Waals surface area contributed by atoms with Crippen LogP contribution in [0.4, 0.5) is 5.13 Å². The van der Waals surface area contributed by atoms with Crippen LogP contribution in [-0.2, 0) is 6.42 Å². The fraction of sp³-hybridized carbons (Fsp3) is 0.240. The van der Waals surface area contributed by atoms with Gasteiger partial charge in [-0.25, -0.2) is 14.8 Å². The Bertz CT molecular complexity index is 1160. The van der Waals surface area contributed by atoms with Gasteiger partial charge in [-0.1, -0.05) is 55.3 Å². The molecular formula is C25H26N4O2S2. The van der Waals surface area contributed by atoms with E-state index in [9.17, 15) is 9.90 Å². The molecule has 4 rings (SSSR count). The maximum atomic E-state index is 11.3. The summed E-state index contributed by atoms with van der Waals surface area (Å²) in [4.78, 5) is 21.5. The first-order valence-electron chi connectivity index (χ1n) is 10.8. The van der Waals surface area contributed by atoms with Crippen LogP contribution in [0.1, 0.15) is 47.3 Å². The van der Waals surface area contributed by atoms with Crippen LogP contribution >= 0.6 is 23.3 Å². The van der Waals surface area contributed by atoms with Crippen molar-refractivity contribution in [3.05, 3.63) is 82.4 Å². The summed E-state index contributed by atoms with van der Waals surface area (Å²) in [7, 11) is 0. The highest BCUT2D eigenvalue weighted by molar-refractivity contribution is 7.97. The molecule has 1 saturated carbocycles. The van der Waals surface area contributed by atoms with Gasteiger partial charge in [0.15, 0.2) is 5.69 Å². The zero-order valence-corrected chi connectivity index (χ0v) is 19.7. The largest absolute Gasteiger partial charge is 0.476 e. The molecule has 1 heterocycles. The van der Waals surface area contributed by atoms with Gasteiger partial charge in [0.25, 0.3) is 0 Å². The van der Waals surface area contributed by atoms with Gasteiger partial charge < -0.3 is 10.8 Å². The SMILES string of the molecule is NSc1ccc(CC(C(=Nc2nc(C(=O)O)cs2)C2CCCC2)=C(N)c2ccccc2)cc1. The monoisotopic (exact) mass is 478 g/mol. The number of aromatic carboxylic acids is 1. The van der Waals surface area contributed by atoms with Gasteiger partial charge >= 0.3 is 5.97 Å². The fourth-order valence-corrected chi connectivity index (χ4v) is 5.09. The Balaban J connectivity index is 1.83. The van der Waals surface area contributed by atoms with Crippen molar-refractivity contribution in [3.63, 3.8) is 0 Å². The number of allylic oxidation sites excluding steroid dienone is 1. The average molecular weight is 479 g/mol. The van der Waals surface area contributed by atoms with Crippen LogP contribution in [0.25, 0.3) is 5.70 Å². The van der Waals surface area contributed by atoms with E-state index in [4.69, 9.17) is 15.9 Å². The Morgan fingerprint density at radius 1 is 1.12 bits per heavy atom. The summed E-state index contributed by atoms with van der Waals surface area (Å²) in [5.74, 6) is -0.786. The smallest absolute Gasteiger partial charge is 0.355 e. The first-order valence-corrected chi connectivity index (χ1v) is 12.6. The predicted molar refractivity (Wildman–Crippen MR) is 136 cm³/mol. The predicted octanol–water partition coefficient (Wildman–Crippen LogP) is 5.68. The summed E-state index contributed by atoms with van der Waals surface area (Å²) >= 11 is 2.46. The summed E-state index contributed by atoms with van der Waals surface area (Å²) in [6, 6.07) is 18.0. The van der Waals surface area contributed by atoms with E-state index < -0.39 is 5.97 Å². The lowest BCUT2D eigenvalue weighted by molar-refractivity contribution is 0.0691. The molecule has 3 aromatic rings. The third-order valence-electron chi connectivity index (χ3n) is 5.83. The van der Waals surface area contributed by atoms with Crippen molar-refractivity contribution >= 4 is 45.8 Å². The van der Waals surface area contributed by atoms with Crippen LogP contribution in [-0.4, -0.2) is 21.8 Å². The first kappa shape index (κ1) is 23.2. The van der Waals surface area contributed by atoms with E-state index in [1.807, 2.05) is 42.5 Å². The third kappa shape index (κ3) is 5.71. The molecule has 0 atom stereocenters. The number of hydrogen-bond donors (Lipinski definition) is 3. The van der Waals surface area contributed by atoms with Gasteiger partial charge in [-0.05, 0) is 48.0 Å². The van der Waals surface area contributed by atoms with E-state index in [2.05, 4.69) is 17.1 Å². The molecule has 8 heteroatoms. The Labute approximate surface area is 201 Å². The summed E-state index contributed by atoms with van der Waals surface area (Å²) < 4.78 is 0. The highest BCUT2D eigenvalue weighted by atomic mass is 32.2. The zero-order valence-electron chi connectivity index (χ0n) is 18.1. The zero-order chi connectivity index (χ0) is 23.2.